The molecule has 0 amide bonds. The summed E-state index contributed by atoms with van der Waals surface area (Å²) in [6.07, 6.45) is 0.945. The lowest BCUT2D eigenvalue weighted by Gasteiger charge is -2.27. The molecular weight excluding hydrogens is 459 g/mol. The van der Waals surface area contributed by atoms with Crippen molar-refractivity contribution in [1.82, 2.24) is 9.78 Å². The van der Waals surface area contributed by atoms with Crippen molar-refractivity contribution in [2.75, 3.05) is 11.4 Å². The maximum Gasteiger partial charge on any atom is 0.417 e. The van der Waals surface area contributed by atoms with Crippen molar-refractivity contribution in [3.8, 4) is 0 Å². The van der Waals surface area contributed by atoms with Gasteiger partial charge in [0.25, 0.3) is 0 Å². The van der Waals surface area contributed by atoms with Crippen molar-refractivity contribution in [3.05, 3.63) is 42.1 Å². The molecule has 33 heavy (non-hydrogen) atoms. The van der Waals surface area contributed by atoms with Crippen LogP contribution >= 0.6 is 0 Å². The number of nitrogens with zero attached hydrogens (tertiary/aromatic N) is 3. The summed E-state index contributed by atoms with van der Waals surface area (Å²) >= 11 is 0. The Morgan fingerprint density at radius 3 is 2.48 bits per heavy atom. The van der Waals surface area contributed by atoms with Crippen LogP contribution < -0.4 is 4.90 Å². The zero-order valence-electron chi connectivity index (χ0n) is 17.6. The molecule has 1 aromatic heterocycles. The number of hydrogen-bond donors (Lipinski definition) is 1. The summed E-state index contributed by atoms with van der Waals surface area (Å²) in [6.45, 7) is -0.210. The minimum Gasteiger partial charge on any atom is -0.480 e. The number of sulfone groups is 1. The lowest BCUT2D eigenvalue weighted by atomic mass is 9.81. The van der Waals surface area contributed by atoms with Gasteiger partial charge < -0.3 is 10.0 Å². The third-order valence-electron chi connectivity index (χ3n) is 7.30. The number of hydrogen-bond acceptors (Lipinski definition) is 5. The predicted molar refractivity (Wildman–Crippen MR) is 113 cm³/mol. The van der Waals surface area contributed by atoms with Gasteiger partial charge in [0, 0.05) is 12.6 Å². The van der Waals surface area contributed by atoms with E-state index in [-0.39, 0.29) is 19.0 Å². The number of benzene rings is 1. The van der Waals surface area contributed by atoms with Crippen LogP contribution in [-0.4, -0.2) is 47.1 Å². The first-order chi connectivity index (χ1) is 15.6. The van der Waals surface area contributed by atoms with E-state index in [1.807, 2.05) is 0 Å². The molecule has 2 heterocycles. The number of alkyl halides is 3. The van der Waals surface area contributed by atoms with E-state index in [0.29, 0.717) is 17.7 Å². The fraction of sp³-hybridized carbons (Fsp3) is 0.545. The third-order valence-corrected chi connectivity index (χ3v) is 9.49. The number of carboxylic acid groups (broad SMARTS) is 1. The van der Waals surface area contributed by atoms with Crippen LogP contribution in [0.4, 0.5) is 19.0 Å². The highest BCUT2D eigenvalue weighted by molar-refractivity contribution is 7.92. The van der Waals surface area contributed by atoms with Gasteiger partial charge in [-0.1, -0.05) is 31.4 Å². The summed E-state index contributed by atoms with van der Waals surface area (Å²) in [4.78, 5) is 12.7. The van der Waals surface area contributed by atoms with Crippen LogP contribution in [0.2, 0.25) is 0 Å². The second-order valence-corrected chi connectivity index (χ2v) is 11.4. The quantitative estimate of drug-likeness (QED) is 0.673. The fourth-order valence-corrected chi connectivity index (χ4v) is 7.19. The van der Waals surface area contributed by atoms with Gasteiger partial charge in [-0.15, -0.1) is 0 Å². The van der Waals surface area contributed by atoms with E-state index in [4.69, 9.17) is 0 Å². The van der Waals surface area contributed by atoms with Crippen molar-refractivity contribution < 1.29 is 31.5 Å². The highest BCUT2D eigenvalue weighted by Gasteiger charge is 2.50. The SMILES string of the molecule is O=C(O)[C@@H]1C[C@@H](S(=O)(=O)c2ccccc2C(F)(F)F)CN1c1ccnn1C1CC1C1CCC1. The molecule has 178 valence electrons. The van der Waals surface area contributed by atoms with Gasteiger partial charge in [-0.25, -0.2) is 17.9 Å². The summed E-state index contributed by atoms with van der Waals surface area (Å²) < 4.78 is 68.7. The van der Waals surface area contributed by atoms with E-state index in [1.165, 1.54) is 30.2 Å². The van der Waals surface area contributed by atoms with Crippen LogP contribution in [0.15, 0.2) is 41.4 Å². The molecular formula is C22H24F3N3O4S. The highest BCUT2D eigenvalue weighted by Crippen LogP contribution is 2.55. The molecule has 2 aliphatic carbocycles. The Morgan fingerprint density at radius 2 is 1.85 bits per heavy atom. The van der Waals surface area contributed by atoms with Gasteiger partial charge in [0.1, 0.15) is 11.9 Å². The van der Waals surface area contributed by atoms with E-state index < -0.39 is 43.7 Å². The average molecular weight is 484 g/mol. The number of aliphatic carboxylic acids is 1. The van der Waals surface area contributed by atoms with Crippen LogP contribution in [0, 0.1) is 11.8 Å². The number of carbonyl (C=O) groups is 1. The highest BCUT2D eigenvalue weighted by atomic mass is 32.2. The van der Waals surface area contributed by atoms with E-state index in [9.17, 15) is 31.5 Å². The Kier molecular flexibility index (Phi) is 5.22. The second-order valence-electron chi connectivity index (χ2n) is 9.19. The molecule has 11 heteroatoms. The van der Waals surface area contributed by atoms with E-state index in [2.05, 4.69) is 5.10 Å². The van der Waals surface area contributed by atoms with Crippen LogP contribution in [0.5, 0.6) is 0 Å². The topological polar surface area (TPSA) is 92.5 Å². The number of rotatable bonds is 6. The maximum absolute atomic E-state index is 13.5. The normalized spacial score (nSPS) is 28.0. The molecule has 0 spiro atoms. The van der Waals surface area contributed by atoms with Gasteiger partial charge in [0.15, 0.2) is 9.84 Å². The molecule has 1 N–H and O–H groups in total. The summed E-state index contributed by atoms with van der Waals surface area (Å²) in [5.41, 5.74) is -1.23. The van der Waals surface area contributed by atoms with Crippen LogP contribution in [0.1, 0.15) is 43.7 Å². The Balaban J connectivity index is 1.45. The van der Waals surface area contributed by atoms with Crippen LogP contribution in [-0.2, 0) is 20.8 Å². The average Bonchev–Trinajstić information content (AvgIpc) is 3.14. The molecule has 3 fully saturated rings. The monoisotopic (exact) mass is 483 g/mol. The van der Waals surface area contributed by atoms with Crippen molar-refractivity contribution >= 4 is 21.6 Å². The van der Waals surface area contributed by atoms with Crippen molar-refractivity contribution in [1.29, 1.82) is 0 Å². The van der Waals surface area contributed by atoms with Gasteiger partial charge in [0.2, 0.25) is 0 Å². The molecule has 5 rings (SSSR count). The lowest BCUT2D eigenvalue weighted by molar-refractivity contribution is -0.140. The molecule has 1 aromatic carbocycles. The molecule has 0 bridgehead atoms. The molecule has 2 saturated carbocycles. The molecule has 1 aliphatic heterocycles. The van der Waals surface area contributed by atoms with Gasteiger partial charge >= 0.3 is 12.1 Å². The number of carboxylic acids is 1. The molecule has 1 saturated heterocycles. The minimum absolute atomic E-state index is 0.149. The van der Waals surface area contributed by atoms with Crippen LogP contribution in [0.3, 0.4) is 0 Å². The zero-order valence-corrected chi connectivity index (χ0v) is 18.5. The molecule has 4 atom stereocenters. The summed E-state index contributed by atoms with van der Waals surface area (Å²) in [5, 5.41) is 12.9. The van der Waals surface area contributed by atoms with Gasteiger partial charge in [-0.3, -0.25) is 0 Å². The Morgan fingerprint density at radius 1 is 1.12 bits per heavy atom. The Hall–Kier alpha value is -2.56. The summed E-state index contributed by atoms with van der Waals surface area (Å²) in [6, 6.07) is 4.69. The second kappa shape index (κ2) is 7.75. The number of anilines is 1. The van der Waals surface area contributed by atoms with Gasteiger partial charge in [-0.2, -0.15) is 18.3 Å². The van der Waals surface area contributed by atoms with E-state index in [0.717, 1.165) is 24.6 Å². The van der Waals surface area contributed by atoms with Crippen molar-refractivity contribution in [3.63, 3.8) is 0 Å². The molecule has 2 unspecified atom stereocenters. The van der Waals surface area contributed by atoms with Crippen LogP contribution in [0.25, 0.3) is 0 Å². The minimum atomic E-state index is -4.84. The largest absolute Gasteiger partial charge is 0.480 e. The lowest BCUT2D eigenvalue weighted by Crippen LogP contribution is -2.37. The first-order valence-electron chi connectivity index (χ1n) is 11.0. The Labute approximate surface area is 189 Å². The van der Waals surface area contributed by atoms with Crippen molar-refractivity contribution in [2.45, 2.75) is 60.5 Å². The predicted octanol–water partition coefficient (Wildman–Crippen LogP) is 3.77. The third kappa shape index (κ3) is 3.79. The smallest absolute Gasteiger partial charge is 0.417 e. The van der Waals surface area contributed by atoms with Crippen molar-refractivity contribution in [2.24, 2.45) is 11.8 Å². The Bertz CT molecular complexity index is 1180. The number of halogens is 3. The van der Waals surface area contributed by atoms with E-state index in [1.54, 1.807) is 16.9 Å². The molecule has 7 nitrogen and oxygen atoms in total. The first kappa shape index (κ1) is 22.2. The summed E-state index contributed by atoms with van der Waals surface area (Å²) in [5.74, 6) is 0.432. The molecule has 2 aromatic rings. The standard InChI is InChI=1S/C22H24F3N3O4S/c23-22(24,25)16-6-1-2-7-19(16)33(31,32)14-10-18(21(29)30)27(12-14)20-8-9-26-28(20)17-11-15(17)13-4-3-5-13/h1-2,6-9,13-15,17-18H,3-5,10-12H2,(H,29,30)/t14-,15?,17?,18+/m1/s1. The fourth-order valence-electron chi connectivity index (χ4n) is 5.28. The first-order valence-corrected chi connectivity index (χ1v) is 12.6. The van der Waals surface area contributed by atoms with Gasteiger partial charge in [0.05, 0.1) is 27.9 Å². The molecule has 3 aliphatic rings. The summed E-state index contributed by atoms with van der Waals surface area (Å²) in [7, 11) is -4.43. The van der Waals surface area contributed by atoms with E-state index >= 15 is 0 Å². The van der Waals surface area contributed by atoms with Gasteiger partial charge in [-0.05, 0) is 36.8 Å². The maximum atomic E-state index is 13.5. The zero-order chi connectivity index (χ0) is 23.5. The molecule has 0 radical (unpaired) electrons. The number of aromatic nitrogens is 2.